The SMILES string of the molecule is CCc1ccc(CC(=O)Nc2nnc(-c3ccc(Cl)cc3Cl)o2)cc1. The van der Waals surface area contributed by atoms with Gasteiger partial charge in [-0.25, -0.2) is 0 Å². The van der Waals surface area contributed by atoms with Crippen molar-refractivity contribution in [1.82, 2.24) is 10.2 Å². The maximum absolute atomic E-state index is 12.1. The van der Waals surface area contributed by atoms with Crippen LogP contribution in [-0.4, -0.2) is 16.1 Å². The number of carbonyl (C=O) groups excluding carboxylic acids is 1. The first-order chi connectivity index (χ1) is 12.0. The molecular formula is C18H15Cl2N3O2. The Morgan fingerprint density at radius 2 is 1.80 bits per heavy atom. The van der Waals surface area contributed by atoms with Crippen molar-refractivity contribution in [3.63, 3.8) is 0 Å². The van der Waals surface area contributed by atoms with E-state index in [1.54, 1.807) is 18.2 Å². The molecule has 0 bridgehead atoms. The van der Waals surface area contributed by atoms with E-state index in [1.165, 1.54) is 5.56 Å². The monoisotopic (exact) mass is 375 g/mol. The van der Waals surface area contributed by atoms with Crippen molar-refractivity contribution in [2.75, 3.05) is 5.32 Å². The summed E-state index contributed by atoms with van der Waals surface area (Å²) < 4.78 is 5.45. The largest absolute Gasteiger partial charge is 0.403 e. The average Bonchev–Trinajstić information content (AvgIpc) is 3.03. The van der Waals surface area contributed by atoms with Crippen molar-refractivity contribution in [1.29, 1.82) is 0 Å². The molecular weight excluding hydrogens is 361 g/mol. The Morgan fingerprint density at radius 1 is 1.08 bits per heavy atom. The normalized spacial score (nSPS) is 10.7. The highest BCUT2D eigenvalue weighted by atomic mass is 35.5. The second kappa shape index (κ2) is 7.68. The van der Waals surface area contributed by atoms with Crippen LogP contribution in [0.4, 0.5) is 6.01 Å². The van der Waals surface area contributed by atoms with Crippen LogP contribution in [0.25, 0.3) is 11.5 Å². The molecule has 0 unspecified atom stereocenters. The standard InChI is InChI=1S/C18H15Cl2N3O2/c1-2-11-3-5-12(6-4-11)9-16(24)21-18-23-22-17(25-18)14-8-7-13(19)10-15(14)20/h3-8,10H,2,9H2,1H3,(H,21,23,24). The number of nitrogens with zero attached hydrogens (tertiary/aromatic N) is 2. The zero-order valence-corrected chi connectivity index (χ0v) is 14.9. The van der Waals surface area contributed by atoms with Gasteiger partial charge in [-0.05, 0) is 35.7 Å². The lowest BCUT2D eigenvalue weighted by Gasteiger charge is -2.03. The molecule has 0 aliphatic heterocycles. The summed E-state index contributed by atoms with van der Waals surface area (Å²) >= 11 is 12.0. The quantitative estimate of drug-likeness (QED) is 0.695. The van der Waals surface area contributed by atoms with E-state index in [0.29, 0.717) is 15.6 Å². The van der Waals surface area contributed by atoms with Crippen molar-refractivity contribution in [3.8, 4) is 11.5 Å². The van der Waals surface area contributed by atoms with E-state index < -0.39 is 0 Å². The third-order valence-corrected chi connectivity index (χ3v) is 4.18. The molecule has 1 aromatic heterocycles. The van der Waals surface area contributed by atoms with Crippen LogP contribution < -0.4 is 5.32 Å². The highest BCUT2D eigenvalue weighted by molar-refractivity contribution is 6.36. The van der Waals surface area contributed by atoms with Crippen molar-refractivity contribution < 1.29 is 9.21 Å². The minimum absolute atomic E-state index is 0.0243. The Hall–Kier alpha value is -2.37. The molecule has 0 fully saturated rings. The van der Waals surface area contributed by atoms with E-state index >= 15 is 0 Å². The lowest BCUT2D eigenvalue weighted by Crippen LogP contribution is -2.14. The van der Waals surface area contributed by atoms with Gasteiger partial charge >= 0.3 is 6.01 Å². The van der Waals surface area contributed by atoms with Crippen LogP contribution in [-0.2, 0) is 17.6 Å². The molecule has 3 aromatic rings. The first kappa shape index (κ1) is 17.5. The number of aromatic nitrogens is 2. The van der Waals surface area contributed by atoms with Gasteiger partial charge < -0.3 is 4.42 Å². The van der Waals surface area contributed by atoms with E-state index in [1.807, 2.05) is 24.3 Å². The number of rotatable bonds is 5. The van der Waals surface area contributed by atoms with Gasteiger partial charge in [-0.1, -0.05) is 59.5 Å². The summed E-state index contributed by atoms with van der Waals surface area (Å²) in [7, 11) is 0. The maximum Gasteiger partial charge on any atom is 0.322 e. The number of anilines is 1. The van der Waals surface area contributed by atoms with E-state index in [2.05, 4.69) is 22.4 Å². The fraction of sp³-hybridized carbons (Fsp3) is 0.167. The van der Waals surface area contributed by atoms with Crippen LogP contribution in [0, 0.1) is 0 Å². The summed E-state index contributed by atoms with van der Waals surface area (Å²) in [5, 5.41) is 11.2. The van der Waals surface area contributed by atoms with Crippen LogP contribution >= 0.6 is 23.2 Å². The molecule has 0 aliphatic rings. The predicted octanol–water partition coefficient (Wildman–Crippen LogP) is 4.79. The Kier molecular flexibility index (Phi) is 5.36. The third-order valence-electron chi connectivity index (χ3n) is 3.63. The van der Waals surface area contributed by atoms with Crippen LogP contribution in [0.15, 0.2) is 46.9 Å². The molecule has 5 nitrogen and oxygen atoms in total. The van der Waals surface area contributed by atoms with Crippen molar-refractivity contribution in [2.24, 2.45) is 0 Å². The molecule has 0 saturated carbocycles. The number of benzene rings is 2. The van der Waals surface area contributed by atoms with E-state index in [-0.39, 0.29) is 24.2 Å². The molecule has 7 heteroatoms. The van der Waals surface area contributed by atoms with Crippen LogP contribution in [0.5, 0.6) is 0 Å². The Morgan fingerprint density at radius 3 is 2.48 bits per heavy atom. The smallest absolute Gasteiger partial charge is 0.322 e. The van der Waals surface area contributed by atoms with Gasteiger partial charge in [0.1, 0.15) is 0 Å². The van der Waals surface area contributed by atoms with Gasteiger partial charge in [-0.15, -0.1) is 5.10 Å². The molecule has 1 heterocycles. The average molecular weight is 376 g/mol. The topological polar surface area (TPSA) is 68.0 Å². The molecule has 25 heavy (non-hydrogen) atoms. The van der Waals surface area contributed by atoms with Gasteiger partial charge in [-0.3, -0.25) is 10.1 Å². The molecule has 0 saturated heterocycles. The van der Waals surface area contributed by atoms with Crippen molar-refractivity contribution in [3.05, 3.63) is 63.6 Å². The van der Waals surface area contributed by atoms with Gasteiger partial charge in [-0.2, -0.15) is 0 Å². The summed E-state index contributed by atoms with van der Waals surface area (Å²) in [6.45, 7) is 2.09. The fourth-order valence-electron chi connectivity index (χ4n) is 2.29. The number of carbonyl (C=O) groups is 1. The third kappa shape index (κ3) is 4.38. The summed E-state index contributed by atoms with van der Waals surface area (Å²) in [5.74, 6) is -0.0223. The summed E-state index contributed by atoms with van der Waals surface area (Å²) in [6.07, 6.45) is 1.19. The first-order valence-corrected chi connectivity index (χ1v) is 8.47. The molecule has 3 rings (SSSR count). The fourth-order valence-corrected chi connectivity index (χ4v) is 2.78. The summed E-state index contributed by atoms with van der Waals surface area (Å²) in [5.41, 5.74) is 2.69. The highest BCUT2D eigenvalue weighted by Gasteiger charge is 2.14. The van der Waals surface area contributed by atoms with Gasteiger partial charge in [0, 0.05) is 5.02 Å². The van der Waals surface area contributed by atoms with Crippen LogP contribution in [0.3, 0.4) is 0 Å². The molecule has 1 N–H and O–H groups in total. The lowest BCUT2D eigenvalue weighted by atomic mass is 10.1. The van der Waals surface area contributed by atoms with E-state index in [0.717, 1.165) is 12.0 Å². The number of nitrogens with one attached hydrogen (secondary N) is 1. The summed E-state index contributed by atoms with van der Waals surface area (Å²) in [4.78, 5) is 12.1. The van der Waals surface area contributed by atoms with Gasteiger partial charge in [0.2, 0.25) is 5.91 Å². The van der Waals surface area contributed by atoms with Gasteiger partial charge in [0.15, 0.2) is 0 Å². The number of aryl methyl sites for hydroxylation is 1. The molecule has 0 aliphatic carbocycles. The van der Waals surface area contributed by atoms with Gasteiger partial charge in [0.05, 0.1) is 17.0 Å². The number of halogens is 2. The number of hydrogen-bond donors (Lipinski definition) is 1. The summed E-state index contributed by atoms with van der Waals surface area (Å²) in [6, 6.07) is 12.9. The number of hydrogen-bond acceptors (Lipinski definition) is 4. The van der Waals surface area contributed by atoms with Gasteiger partial charge in [0.25, 0.3) is 5.89 Å². The highest BCUT2D eigenvalue weighted by Crippen LogP contribution is 2.30. The molecule has 2 aromatic carbocycles. The first-order valence-electron chi connectivity index (χ1n) is 7.71. The second-order valence-electron chi connectivity index (χ2n) is 5.43. The molecule has 128 valence electrons. The Bertz CT molecular complexity index is 892. The minimum atomic E-state index is -0.235. The van der Waals surface area contributed by atoms with Crippen LogP contribution in [0.1, 0.15) is 18.1 Å². The predicted molar refractivity (Wildman–Crippen MR) is 97.9 cm³/mol. The van der Waals surface area contributed by atoms with E-state index in [9.17, 15) is 4.79 Å². The number of amides is 1. The second-order valence-corrected chi connectivity index (χ2v) is 6.28. The molecule has 0 atom stereocenters. The molecule has 0 radical (unpaired) electrons. The minimum Gasteiger partial charge on any atom is -0.403 e. The Balaban J connectivity index is 1.67. The zero-order chi connectivity index (χ0) is 17.8. The van der Waals surface area contributed by atoms with Crippen molar-refractivity contribution >= 4 is 35.1 Å². The van der Waals surface area contributed by atoms with Crippen molar-refractivity contribution in [2.45, 2.75) is 19.8 Å². The maximum atomic E-state index is 12.1. The van der Waals surface area contributed by atoms with E-state index in [4.69, 9.17) is 27.6 Å². The molecule has 0 spiro atoms. The zero-order valence-electron chi connectivity index (χ0n) is 13.4. The lowest BCUT2D eigenvalue weighted by molar-refractivity contribution is -0.115. The molecule has 1 amide bonds. The Labute approximate surface area is 155 Å². The van der Waals surface area contributed by atoms with Crippen LogP contribution in [0.2, 0.25) is 10.0 Å².